The summed E-state index contributed by atoms with van der Waals surface area (Å²) < 4.78 is 12.4. The predicted octanol–water partition coefficient (Wildman–Crippen LogP) is 5.31. The largest absolute Gasteiger partial charge is 0.493 e. The van der Waals surface area contributed by atoms with Crippen molar-refractivity contribution in [2.45, 2.75) is 57.8 Å². The zero-order chi connectivity index (χ0) is 22.6. The minimum absolute atomic E-state index is 0.125. The highest BCUT2D eigenvalue weighted by molar-refractivity contribution is 6.30. The monoisotopic (exact) mass is 445 g/mol. The van der Waals surface area contributed by atoms with Crippen LogP contribution in [0.3, 0.4) is 0 Å². The van der Waals surface area contributed by atoms with Gasteiger partial charge in [0.1, 0.15) is 5.75 Å². The van der Waals surface area contributed by atoms with Crippen molar-refractivity contribution in [3.63, 3.8) is 0 Å². The lowest BCUT2D eigenvalue weighted by Gasteiger charge is -2.43. The average Bonchev–Trinajstić information content (AvgIpc) is 2.71. The van der Waals surface area contributed by atoms with Crippen LogP contribution in [0.15, 0.2) is 42.5 Å². The van der Waals surface area contributed by atoms with Gasteiger partial charge in [0.25, 0.3) is 0 Å². The van der Waals surface area contributed by atoms with E-state index in [1.165, 1.54) is 13.0 Å². The number of ether oxygens (including phenoxy) is 2. The van der Waals surface area contributed by atoms with E-state index >= 15 is 0 Å². The van der Waals surface area contributed by atoms with E-state index in [9.17, 15) is 14.7 Å². The van der Waals surface area contributed by atoms with Crippen LogP contribution < -0.4 is 10.1 Å². The van der Waals surface area contributed by atoms with E-state index < -0.39 is 17.6 Å². The number of hydrogen-bond donors (Lipinski definition) is 2. The van der Waals surface area contributed by atoms with Crippen molar-refractivity contribution in [3.8, 4) is 5.75 Å². The Hall–Kier alpha value is -2.57. The Kier molecular flexibility index (Phi) is 7.23. The molecule has 0 radical (unpaired) electrons. The molecule has 166 valence electrons. The minimum Gasteiger partial charge on any atom is -0.493 e. The molecule has 0 saturated carbocycles. The van der Waals surface area contributed by atoms with Crippen molar-refractivity contribution >= 4 is 23.5 Å². The first-order valence-corrected chi connectivity index (χ1v) is 10.8. The molecule has 0 aliphatic carbocycles. The maximum atomic E-state index is 11.9. The van der Waals surface area contributed by atoms with Crippen molar-refractivity contribution in [1.29, 1.82) is 0 Å². The van der Waals surface area contributed by atoms with Gasteiger partial charge in [0.15, 0.2) is 0 Å². The molecule has 0 bridgehead atoms. The van der Waals surface area contributed by atoms with Crippen LogP contribution in [0.1, 0.15) is 73.7 Å². The Bertz CT molecular complexity index is 945. The van der Waals surface area contributed by atoms with Gasteiger partial charge in [-0.15, -0.1) is 0 Å². The molecule has 2 aromatic carbocycles. The van der Waals surface area contributed by atoms with Crippen LogP contribution in [0, 0.1) is 0 Å². The number of carbonyl (C=O) groups excluding carboxylic acids is 1. The third-order valence-electron chi connectivity index (χ3n) is 5.39. The Morgan fingerprint density at radius 1 is 1.19 bits per heavy atom. The van der Waals surface area contributed by atoms with Crippen LogP contribution in [-0.2, 0) is 9.53 Å². The summed E-state index contributed by atoms with van der Waals surface area (Å²) in [5.74, 6) is -0.545. The normalized spacial score (nSPS) is 23.2. The number of aromatic carboxylic acids is 1. The van der Waals surface area contributed by atoms with Gasteiger partial charge < -0.3 is 19.9 Å². The number of amides is 1. The van der Waals surface area contributed by atoms with Gasteiger partial charge in [0, 0.05) is 35.9 Å². The van der Waals surface area contributed by atoms with E-state index in [0.717, 1.165) is 12.0 Å². The molecule has 0 aromatic heterocycles. The maximum absolute atomic E-state index is 11.9. The lowest BCUT2D eigenvalue weighted by molar-refractivity contribution is -0.126. The summed E-state index contributed by atoms with van der Waals surface area (Å²) in [6.45, 7) is 6.00. The molecular formula is C24H28ClNO5. The quantitative estimate of drug-likeness (QED) is 0.602. The second kappa shape index (κ2) is 9.71. The zero-order valence-electron chi connectivity index (χ0n) is 18.0. The number of hydrogen-bond acceptors (Lipinski definition) is 4. The number of carboxylic acids is 1. The van der Waals surface area contributed by atoms with Crippen molar-refractivity contribution in [2.24, 2.45) is 0 Å². The summed E-state index contributed by atoms with van der Waals surface area (Å²) in [7, 11) is 0. The fourth-order valence-electron chi connectivity index (χ4n) is 4.06. The van der Waals surface area contributed by atoms with Gasteiger partial charge in [0.2, 0.25) is 5.91 Å². The Balaban J connectivity index is 2.03. The highest BCUT2D eigenvalue weighted by Crippen LogP contribution is 2.46. The first-order chi connectivity index (χ1) is 14.7. The number of nitrogens with one attached hydrogen (secondary N) is 1. The van der Waals surface area contributed by atoms with E-state index in [2.05, 4.69) is 5.32 Å². The Labute approximate surface area is 187 Å². The SMILES string of the molecule is CCCOc1ccc(C(=O)O)cc1[C@H]1C[C@](C)(NC(C)=O)C[C@@H](c2ccc(Cl)cc2)O1. The van der Waals surface area contributed by atoms with E-state index in [-0.39, 0.29) is 17.6 Å². The van der Waals surface area contributed by atoms with Crippen LogP contribution in [-0.4, -0.2) is 29.1 Å². The van der Waals surface area contributed by atoms with Crippen molar-refractivity contribution in [1.82, 2.24) is 5.32 Å². The van der Waals surface area contributed by atoms with Gasteiger partial charge >= 0.3 is 5.97 Å². The summed E-state index contributed by atoms with van der Waals surface area (Å²) >= 11 is 6.05. The molecule has 1 amide bonds. The van der Waals surface area contributed by atoms with Gasteiger partial charge in [-0.1, -0.05) is 30.7 Å². The van der Waals surface area contributed by atoms with E-state index in [1.54, 1.807) is 24.3 Å². The standard InChI is InChI=1S/C24H28ClNO5/c1-4-11-30-20-10-7-17(23(28)29)12-19(20)22-14-24(3,26-15(2)27)13-21(31-22)16-5-8-18(25)9-6-16/h5-10,12,21-22H,4,11,13-14H2,1-3H3,(H,26,27)(H,28,29)/t21-,22+,24+/m0/s1. The maximum Gasteiger partial charge on any atom is 0.335 e. The molecule has 1 saturated heterocycles. The topological polar surface area (TPSA) is 84.9 Å². The second-order valence-corrected chi connectivity index (χ2v) is 8.66. The number of carboxylic acid groups (broad SMARTS) is 1. The summed E-state index contributed by atoms with van der Waals surface area (Å²) in [5, 5.41) is 13.2. The fourth-order valence-corrected chi connectivity index (χ4v) is 4.18. The third-order valence-corrected chi connectivity index (χ3v) is 5.64. The molecule has 1 aliphatic rings. The summed E-state index contributed by atoms with van der Waals surface area (Å²) in [4.78, 5) is 23.5. The van der Waals surface area contributed by atoms with Crippen molar-refractivity contribution in [2.75, 3.05) is 6.61 Å². The molecule has 0 unspecified atom stereocenters. The van der Waals surface area contributed by atoms with Crippen LogP contribution in [0.2, 0.25) is 5.02 Å². The smallest absolute Gasteiger partial charge is 0.335 e. The molecule has 7 heteroatoms. The molecule has 1 aliphatic heterocycles. The molecular weight excluding hydrogens is 418 g/mol. The van der Waals surface area contributed by atoms with Gasteiger partial charge in [-0.2, -0.15) is 0 Å². The molecule has 3 atom stereocenters. The Morgan fingerprint density at radius 2 is 1.87 bits per heavy atom. The first kappa shape index (κ1) is 23.1. The lowest BCUT2D eigenvalue weighted by atomic mass is 9.81. The van der Waals surface area contributed by atoms with Crippen LogP contribution in [0.5, 0.6) is 5.75 Å². The number of benzene rings is 2. The van der Waals surface area contributed by atoms with Gasteiger partial charge in [0.05, 0.1) is 24.4 Å². The van der Waals surface area contributed by atoms with E-state index in [4.69, 9.17) is 21.1 Å². The highest BCUT2D eigenvalue weighted by Gasteiger charge is 2.41. The predicted molar refractivity (Wildman–Crippen MR) is 119 cm³/mol. The molecule has 1 fully saturated rings. The summed E-state index contributed by atoms with van der Waals surface area (Å²) in [5.41, 5.74) is 1.23. The molecule has 2 N–H and O–H groups in total. The van der Waals surface area contributed by atoms with Crippen LogP contribution in [0.25, 0.3) is 0 Å². The average molecular weight is 446 g/mol. The second-order valence-electron chi connectivity index (χ2n) is 8.22. The zero-order valence-corrected chi connectivity index (χ0v) is 18.7. The summed E-state index contributed by atoms with van der Waals surface area (Å²) in [6.07, 6.45) is 1.12. The van der Waals surface area contributed by atoms with E-state index in [0.29, 0.717) is 35.8 Å². The fraction of sp³-hybridized carbons (Fsp3) is 0.417. The van der Waals surface area contributed by atoms with Crippen molar-refractivity contribution in [3.05, 3.63) is 64.2 Å². The Morgan fingerprint density at radius 3 is 2.48 bits per heavy atom. The third kappa shape index (κ3) is 5.77. The molecule has 1 heterocycles. The highest BCUT2D eigenvalue weighted by atomic mass is 35.5. The molecule has 0 spiro atoms. The minimum atomic E-state index is -1.02. The molecule has 2 aromatic rings. The molecule has 31 heavy (non-hydrogen) atoms. The summed E-state index contributed by atoms with van der Waals surface area (Å²) in [6, 6.07) is 12.2. The lowest BCUT2D eigenvalue weighted by Crippen LogP contribution is -2.50. The van der Waals surface area contributed by atoms with E-state index in [1.807, 2.05) is 26.0 Å². The number of halogens is 1. The first-order valence-electron chi connectivity index (χ1n) is 10.4. The number of carbonyl (C=O) groups is 2. The van der Waals surface area contributed by atoms with Gasteiger partial charge in [-0.25, -0.2) is 4.79 Å². The van der Waals surface area contributed by atoms with Crippen molar-refractivity contribution < 1.29 is 24.2 Å². The van der Waals surface area contributed by atoms with Gasteiger partial charge in [-0.05, 0) is 49.2 Å². The van der Waals surface area contributed by atoms with Gasteiger partial charge in [-0.3, -0.25) is 4.79 Å². The van der Waals surface area contributed by atoms with Crippen LogP contribution in [0.4, 0.5) is 0 Å². The van der Waals surface area contributed by atoms with Crippen LogP contribution >= 0.6 is 11.6 Å². The molecule has 3 rings (SSSR count). The number of rotatable bonds is 7. The molecule has 6 nitrogen and oxygen atoms in total.